The fourth-order valence-corrected chi connectivity index (χ4v) is 2.90. The van der Waals surface area contributed by atoms with Gasteiger partial charge in [0, 0.05) is 16.6 Å². The van der Waals surface area contributed by atoms with Crippen molar-refractivity contribution in [3.05, 3.63) is 33.8 Å². The van der Waals surface area contributed by atoms with Crippen LogP contribution in [0.1, 0.15) is 24.4 Å². The van der Waals surface area contributed by atoms with E-state index in [4.69, 9.17) is 28.9 Å². The van der Waals surface area contributed by atoms with E-state index in [-0.39, 0.29) is 6.04 Å². The molecule has 3 nitrogen and oxygen atoms in total. The van der Waals surface area contributed by atoms with Crippen molar-refractivity contribution in [3.63, 3.8) is 0 Å². The minimum atomic E-state index is 0.162. The van der Waals surface area contributed by atoms with Gasteiger partial charge in [0.25, 0.3) is 0 Å². The Kier molecular flexibility index (Phi) is 3.12. The average Bonchev–Trinajstić information content (AvgIpc) is 3.06. The smallest absolute Gasteiger partial charge is 0.191 e. The molecular formula is C13H15Cl2N3. The van der Waals surface area contributed by atoms with E-state index in [9.17, 15) is 0 Å². The molecule has 1 aromatic carbocycles. The maximum Gasteiger partial charge on any atom is 0.191 e. The minimum absolute atomic E-state index is 0.162. The van der Waals surface area contributed by atoms with Crippen LogP contribution in [0.2, 0.25) is 10.0 Å². The van der Waals surface area contributed by atoms with Gasteiger partial charge in [-0.3, -0.25) is 4.99 Å². The highest BCUT2D eigenvalue weighted by Gasteiger charge is 2.33. The summed E-state index contributed by atoms with van der Waals surface area (Å²) in [5.74, 6) is 1.41. The Labute approximate surface area is 117 Å². The SMILES string of the molecule is NC1=NCC(c2ccc(Cl)cc2Cl)N1CC1CC1. The van der Waals surface area contributed by atoms with Crippen molar-refractivity contribution in [2.75, 3.05) is 13.1 Å². The second-order valence-electron chi connectivity index (χ2n) is 4.98. The molecule has 0 bridgehead atoms. The maximum atomic E-state index is 6.27. The highest BCUT2D eigenvalue weighted by atomic mass is 35.5. The molecule has 1 aliphatic carbocycles. The van der Waals surface area contributed by atoms with Crippen LogP contribution in [0.15, 0.2) is 23.2 Å². The van der Waals surface area contributed by atoms with Crippen LogP contribution in [0.5, 0.6) is 0 Å². The lowest BCUT2D eigenvalue weighted by Gasteiger charge is -2.27. The predicted molar refractivity (Wildman–Crippen MR) is 75.1 cm³/mol. The van der Waals surface area contributed by atoms with Crippen molar-refractivity contribution in [2.45, 2.75) is 18.9 Å². The summed E-state index contributed by atoms with van der Waals surface area (Å²) in [5, 5.41) is 1.35. The van der Waals surface area contributed by atoms with Crippen LogP contribution >= 0.6 is 23.2 Å². The number of nitrogens with zero attached hydrogens (tertiary/aromatic N) is 2. The second-order valence-corrected chi connectivity index (χ2v) is 5.82. The average molecular weight is 284 g/mol. The van der Waals surface area contributed by atoms with E-state index in [2.05, 4.69) is 9.89 Å². The molecule has 2 N–H and O–H groups in total. The molecule has 18 heavy (non-hydrogen) atoms. The van der Waals surface area contributed by atoms with Gasteiger partial charge in [-0.2, -0.15) is 0 Å². The molecule has 1 aliphatic heterocycles. The zero-order chi connectivity index (χ0) is 12.7. The summed E-state index contributed by atoms with van der Waals surface area (Å²) in [6.07, 6.45) is 2.59. The van der Waals surface area contributed by atoms with Crippen molar-refractivity contribution >= 4 is 29.2 Å². The lowest BCUT2D eigenvalue weighted by Crippen LogP contribution is -2.37. The first-order chi connectivity index (χ1) is 8.65. The molecule has 0 spiro atoms. The van der Waals surface area contributed by atoms with Gasteiger partial charge in [0.2, 0.25) is 0 Å². The summed E-state index contributed by atoms with van der Waals surface area (Å²) in [4.78, 5) is 6.52. The number of halogens is 2. The molecule has 3 rings (SSSR count). The largest absolute Gasteiger partial charge is 0.370 e. The third-order valence-electron chi connectivity index (χ3n) is 3.57. The monoisotopic (exact) mass is 283 g/mol. The summed E-state index contributed by atoms with van der Waals surface area (Å²) >= 11 is 12.2. The summed E-state index contributed by atoms with van der Waals surface area (Å²) in [6, 6.07) is 5.79. The van der Waals surface area contributed by atoms with Gasteiger partial charge in [0.05, 0.1) is 12.6 Å². The number of aliphatic imine (C=N–C) groups is 1. The predicted octanol–water partition coefficient (Wildman–Crippen LogP) is 3.07. The Balaban J connectivity index is 1.85. The normalized spacial score (nSPS) is 23.3. The van der Waals surface area contributed by atoms with Gasteiger partial charge in [-0.15, -0.1) is 0 Å². The Morgan fingerprint density at radius 1 is 1.33 bits per heavy atom. The molecule has 0 amide bonds. The molecule has 1 saturated carbocycles. The van der Waals surface area contributed by atoms with Gasteiger partial charge in [-0.05, 0) is 36.5 Å². The molecule has 96 valence electrons. The third-order valence-corrected chi connectivity index (χ3v) is 4.13. The summed E-state index contributed by atoms with van der Waals surface area (Å²) in [7, 11) is 0. The van der Waals surface area contributed by atoms with E-state index in [1.807, 2.05) is 12.1 Å². The Morgan fingerprint density at radius 2 is 2.11 bits per heavy atom. The van der Waals surface area contributed by atoms with Gasteiger partial charge < -0.3 is 10.6 Å². The van der Waals surface area contributed by atoms with Crippen LogP contribution in [0.4, 0.5) is 0 Å². The summed E-state index contributed by atoms with van der Waals surface area (Å²) < 4.78 is 0. The Bertz CT molecular complexity index is 497. The zero-order valence-electron chi connectivity index (χ0n) is 9.94. The van der Waals surface area contributed by atoms with Crippen LogP contribution < -0.4 is 5.73 Å². The molecule has 1 aromatic rings. The van der Waals surface area contributed by atoms with Gasteiger partial charge >= 0.3 is 0 Å². The molecule has 2 aliphatic rings. The lowest BCUT2D eigenvalue weighted by atomic mass is 10.1. The Hall–Kier alpha value is -0.930. The van der Waals surface area contributed by atoms with Crippen LogP contribution in [0, 0.1) is 5.92 Å². The zero-order valence-corrected chi connectivity index (χ0v) is 11.5. The van der Waals surface area contributed by atoms with E-state index in [0.717, 1.165) is 18.0 Å². The van der Waals surface area contributed by atoms with Crippen molar-refractivity contribution in [1.82, 2.24) is 4.90 Å². The van der Waals surface area contributed by atoms with E-state index < -0.39 is 0 Å². The van der Waals surface area contributed by atoms with Crippen LogP contribution in [0.3, 0.4) is 0 Å². The third kappa shape index (κ3) is 2.29. The number of guanidine groups is 1. The number of benzene rings is 1. The maximum absolute atomic E-state index is 6.27. The Morgan fingerprint density at radius 3 is 2.78 bits per heavy atom. The topological polar surface area (TPSA) is 41.6 Å². The van der Waals surface area contributed by atoms with Crippen molar-refractivity contribution < 1.29 is 0 Å². The summed E-state index contributed by atoms with van der Waals surface area (Å²) in [6.45, 7) is 1.67. The van der Waals surface area contributed by atoms with Gasteiger partial charge in [0.15, 0.2) is 5.96 Å². The summed E-state index contributed by atoms with van der Waals surface area (Å²) in [5.41, 5.74) is 7.03. The fourth-order valence-electron chi connectivity index (χ4n) is 2.37. The molecule has 1 unspecified atom stereocenters. The van der Waals surface area contributed by atoms with Crippen LogP contribution in [0.25, 0.3) is 0 Å². The van der Waals surface area contributed by atoms with Crippen LogP contribution in [-0.2, 0) is 0 Å². The molecule has 0 aromatic heterocycles. The van der Waals surface area contributed by atoms with E-state index in [1.54, 1.807) is 6.07 Å². The number of nitrogens with two attached hydrogens (primary N) is 1. The molecule has 0 radical (unpaired) electrons. The van der Waals surface area contributed by atoms with E-state index >= 15 is 0 Å². The number of rotatable bonds is 3. The molecular weight excluding hydrogens is 269 g/mol. The molecule has 1 heterocycles. The quantitative estimate of drug-likeness (QED) is 0.926. The molecule has 5 heteroatoms. The lowest BCUT2D eigenvalue weighted by molar-refractivity contribution is 0.334. The van der Waals surface area contributed by atoms with Crippen molar-refractivity contribution in [1.29, 1.82) is 0 Å². The van der Waals surface area contributed by atoms with Gasteiger partial charge in [-0.1, -0.05) is 29.3 Å². The standard InChI is InChI=1S/C13H15Cl2N3/c14-9-3-4-10(11(15)5-9)12-6-17-13(16)18(12)7-8-1-2-8/h3-5,8,12H,1-2,6-7H2,(H2,16,17). The van der Waals surface area contributed by atoms with Gasteiger partial charge in [0.1, 0.15) is 0 Å². The van der Waals surface area contributed by atoms with Crippen molar-refractivity contribution in [3.8, 4) is 0 Å². The first-order valence-electron chi connectivity index (χ1n) is 6.16. The van der Waals surface area contributed by atoms with E-state index in [0.29, 0.717) is 22.5 Å². The van der Waals surface area contributed by atoms with Gasteiger partial charge in [-0.25, -0.2) is 0 Å². The highest BCUT2D eigenvalue weighted by Crippen LogP contribution is 2.37. The highest BCUT2D eigenvalue weighted by molar-refractivity contribution is 6.35. The number of hydrogen-bond donors (Lipinski definition) is 1. The first-order valence-corrected chi connectivity index (χ1v) is 6.92. The first kappa shape index (κ1) is 12.1. The molecule has 0 saturated heterocycles. The molecule has 1 atom stereocenters. The minimum Gasteiger partial charge on any atom is -0.370 e. The number of hydrogen-bond acceptors (Lipinski definition) is 3. The van der Waals surface area contributed by atoms with Crippen LogP contribution in [-0.4, -0.2) is 23.9 Å². The molecule has 1 fully saturated rings. The second kappa shape index (κ2) is 4.63. The van der Waals surface area contributed by atoms with E-state index in [1.165, 1.54) is 12.8 Å². The van der Waals surface area contributed by atoms with Crippen molar-refractivity contribution in [2.24, 2.45) is 16.6 Å². The fraction of sp³-hybridized carbons (Fsp3) is 0.462.